The van der Waals surface area contributed by atoms with Crippen LogP contribution >= 0.6 is 12.2 Å². The largest absolute Gasteiger partial charge is 0.494 e. The number of methoxy groups -OCH3 is 1. The second kappa shape index (κ2) is 8.77. The molecule has 0 aliphatic heterocycles. The van der Waals surface area contributed by atoms with Crippen LogP contribution in [0, 0.1) is 10.1 Å². The Labute approximate surface area is 155 Å². The molecule has 0 aromatic heterocycles. The number of ether oxygens (including phenoxy) is 2. The molecule has 0 fully saturated rings. The van der Waals surface area contributed by atoms with Crippen LogP contribution in [0.3, 0.4) is 0 Å². The Kier molecular flexibility index (Phi) is 6.45. The van der Waals surface area contributed by atoms with Crippen LogP contribution in [0.1, 0.15) is 17.3 Å². The first-order valence-electron chi connectivity index (χ1n) is 7.62. The molecule has 8 nitrogen and oxygen atoms in total. The molecule has 2 N–H and O–H groups in total. The fraction of sp³-hybridized carbons (Fsp3) is 0.176. The molecular weight excluding hydrogens is 358 g/mol. The third-order valence-electron chi connectivity index (χ3n) is 3.29. The van der Waals surface area contributed by atoms with Crippen LogP contribution in [-0.2, 0) is 0 Å². The molecule has 1 amide bonds. The number of hydrogen-bond donors (Lipinski definition) is 2. The zero-order valence-electron chi connectivity index (χ0n) is 14.1. The molecule has 0 atom stereocenters. The van der Waals surface area contributed by atoms with Crippen molar-refractivity contribution in [3.05, 3.63) is 58.1 Å². The Morgan fingerprint density at radius 3 is 2.50 bits per heavy atom. The molecule has 0 aliphatic carbocycles. The van der Waals surface area contributed by atoms with Crippen molar-refractivity contribution in [2.45, 2.75) is 6.92 Å². The average Bonchev–Trinajstić information content (AvgIpc) is 2.62. The van der Waals surface area contributed by atoms with Gasteiger partial charge < -0.3 is 14.8 Å². The Morgan fingerprint density at radius 2 is 1.92 bits per heavy atom. The summed E-state index contributed by atoms with van der Waals surface area (Å²) in [5.41, 5.74) is 0.547. The van der Waals surface area contributed by atoms with E-state index in [0.717, 1.165) is 0 Å². The molecule has 0 spiro atoms. The van der Waals surface area contributed by atoms with Crippen LogP contribution in [-0.4, -0.2) is 29.7 Å². The molecule has 2 aromatic carbocycles. The smallest absolute Gasteiger partial charge is 0.312 e. The lowest BCUT2D eigenvalue weighted by molar-refractivity contribution is -0.385. The molecule has 9 heteroatoms. The summed E-state index contributed by atoms with van der Waals surface area (Å²) >= 11 is 5.08. The van der Waals surface area contributed by atoms with E-state index in [1.165, 1.54) is 19.2 Å². The molecule has 0 saturated heterocycles. The van der Waals surface area contributed by atoms with Gasteiger partial charge in [0.25, 0.3) is 5.91 Å². The average molecular weight is 375 g/mol. The van der Waals surface area contributed by atoms with Crippen molar-refractivity contribution in [3.8, 4) is 11.5 Å². The summed E-state index contributed by atoms with van der Waals surface area (Å²) in [5, 5.41) is 16.3. The minimum atomic E-state index is -0.564. The summed E-state index contributed by atoms with van der Waals surface area (Å²) in [6.07, 6.45) is 0. The lowest BCUT2D eigenvalue weighted by atomic mass is 10.2. The van der Waals surface area contributed by atoms with Crippen LogP contribution in [0.4, 0.5) is 11.4 Å². The fourth-order valence-electron chi connectivity index (χ4n) is 2.12. The molecule has 0 radical (unpaired) electrons. The van der Waals surface area contributed by atoms with Gasteiger partial charge >= 0.3 is 5.69 Å². The summed E-state index contributed by atoms with van der Waals surface area (Å²) in [6, 6.07) is 10.9. The highest BCUT2D eigenvalue weighted by Crippen LogP contribution is 2.29. The molecule has 0 aliphatic rings. The molecule has 2 aromatic rings. The SMILES string of the molecule is CCOc1ccc(C(=O)NC(=S)Nc2ccc(OC)c([N+](=O)[O-])c2)cc1. The maximum absolute atomic E-state index is 12.2. The van der Waals surface area contributed by atoms with Crippen molar-refractivity contribution in [1.82, 2.24) is 5.32 Å². The van der Waals surface area contributed by atoms with Gasteiger partial charge in [-0.1, -0.05) is 0 Å². The van der Waals surface area contributed by atoms with E-state index in [4.69, 9.17) is 21.7 Å². The number of nitrogens with one attached hydrogen (secondary N) is 2. The number of carbonyl (C=O) groups is 1. The topological polar surface area (TPSA) is 103 Å². The van der Waals surface area contributed by atoms with Crippen LogP contribution in [0.5, 0.6) is 11.5 Å². The van der Waals surface area contributed by atoms with Crippen molar-refractivity contribution in [1.29, 1.82) is 0 Å². The quantitative estimate of drug-likeness (QED) is 0.454. The predicted octanol–water partition coefficient (Wildman–Crippen LogP) is 3.13. The number of nitro benzene ring substituents is 1. The number of thiocarbonyl (C=S) groups is 1. The van der Waals surface area contributed by atoms with Crippen LogP contribution in [0.15, 0.2) is 42.5 Å². The van der Waals surface area contributed by atoms with E-state index in [-0.39, 0.29) is 16.5 Å². The first-order valence-corrected chi connectivity index (χ1v) is 8.03. The maximum atomic E-state index is 12.2. The maximum Gasteiger partial charge on any atom is 0.312 e. The van der Waals surface area contributed by atoms with E-state index in [1.54, 1.807) is 30.3 Å². The monoisotopic (exact) mass is 375 g/mol. The Morgan fingerprint density at radius 1 is 1.23 bits per heavy atom. The van der Waals surface area contributed by atoms with Gasteiger partial charge in [0.05, 0.1) is 18.6 Å². The van der Waals surface area contributed by atoms with Gasteiger partial charge in [-0.2, -0.15) is 0 Å². The zero-order chi connectivity index (χ0) is 19.1. The highest BCUT2D eigenvalue weighted by molar-refractivity contribution is 7.80. The number of nitrogens with zero attached hydrogens (tertiary/aromatic N) is 1. The molecule has 0 unspecified atom stereocenters. The number of anilines is 1. The standard InChI is InChI=1S/C17H17N3O5S/c1-3-25-13-7-4-11(5-8-13)16(21)19-17(26)18-12-6-9-15(24-2)14(10-12)20(22)23/h4-10H,3H2,1-2H3,(H2,18,19,21,26). The molecule has 0 bridgehead atoms. The van der Waals surface area contributed by atoms with Crippen LogP contribution < -0.4 is 20.1 Å². The lowest BCUT2D eigenvalue weighted by Gasteiger charge is -2.11. The summed E-state index contributed by atoms with van der Waals surface area (Å²) in [7, 11) is 1.34. The normalized spacial score (nSPS) is 9.92. The summed E-state index contributed by atoms with van der Waals surface area (Å²) in [4.78, 5) is 22.7. The molecule has 0 heterocycles. The second-order valence-corrected chi connectivity index (χ2v) is 5.42. The van der Waals surface area contributed by atoms with Gasteiger partial charge in [-0.3, -0.25) is 20.2 Å². The van der Waals surface area contributed by atoms with E-state index < -0.39 is 10.8 Å². The van der Waals surface area contributed by atoms with E-state index >= 15 is 0 Å². The third-order valence-corrected chi connectivity index (χ3v) is 3.49. The molecule has 136 valence electrons. The van der Waals surface area contributed by atoms with Crippen molar-refractivity contribution < 1.29 is 19.2 Å². The lowest BCUT2D eigenvalue weighted by Crippen LogP contribution is -2.34. The molecule has 26 heavy (non-hydrogen) atoms. The van der Waals surface area contributed by atoms with E-state index in [0.29, 0.717) is 23.6 Å². The second-order valence-electron chi connectivity index (χ2n) is 5.01. The first kappa shape index (κ1) is 19.1. The molecule has 0 saturated carbocycles. The fourth-order valence-corrected chi connectivity index (χ4v) is 2.33. The van der Waals surface area contributed by atoms with Crippen LogP contribution in [0.25, 0.3) is 0 Å². The number of amides is 1. The van der Waals surface area contributed by atoms with E-state index in [9.17, 15) is 14.9 Å². The number of hydrogen-bond acceptors (Lipinski definition) is 6. The summed E-state index contributed by atoms with van der Waals surface area (Å²) in [6.45, 7) is 2.40. The van der Waals surface area contributed by atoms with Gasteiger partial charge in [0, 0.05) is 17.3 Å². The minimum absolute atomic E-state index is 0.0170. The van der Waals surface area contributed by atoms with E-state index in [2.05, 4.69) is 10.6 Å². The van der Waals surface area contributed by atoms with Gasteiger partial charge in [0.15, 0.2) is 10.9 Å². The van der Waals surface area contributed by atoms with Crippen molar-refractivity contribution >= 4 is 34.6 Å². The number of carbonyl (C=O) groups excluding carboxylic acids is 1. The predicted molar refractivity (Wildman–Crippen MR) is 101 cm³/mol. The van der Waals surface area contributed by atoms with E-state index in [1.807, 2.05) is 6.92 Å². The summed E-state index contributed by atoms with van der Waals surface area (Å²) < 4.78 is 10.2. The van der Waals surface area contributed by atoms with Gasteiger partial charge in [-0.15, -0.1) is 0 Å². The van der Waals surface area contributed by atoms with Gasteiger partial charge in [0.1, 0.15) is 5.75 Å². The zero-order valence-corrected chi connectivity index (χ0v) is 15.0. The Bertz CT molecular complexity index is 824. The van der Waals surface area contributed by atoms with Gasteiger partial charge in [-0.05, 0) is 55.5 Å². The molecule has 2 rings (SSSR count). The molecular formula is C17H17N3O5S. The third kappa shape index (κ3) is 4.90. The number of nitro groups is 1. The Hall–Kier alpha value is -3.20. The number of benzene rings is 2. The van der Waals surface area contributed by atoms with Crippen molar-refractivity contribution in [3.63, 3.8) is 0 Å². The highest BCUT2D eigenvalue weighted by atomic mass is 32.1. The van der Waals surface area contributed by atoms with Crippen molar-refractivity contribution in [2.75, 3.05) is 19.0 Å². The highest BCUT2D eigenvalue weighted by Gasteiger charge is 2.16. The Balaban J connectivity index is 2.02. The minimum Gasteiger partial charge on any atom is -0.494 e. The first-order chi connectivity index (χ1) is 12.4. The van der Waals surface area contributed by atoms with Crippen molar-refractivity contribution in [2.24, 2.45) is 0 Å². The summed E-state index contributed by atoms with van der Waals surface area (Å²) in [5.74, 6) is 0.383. The van der Waals surface area contributed by atoms with Gasteiger partial charge in [0.2, 0.25) is 0 Å². The van der Waals surface area contributed by atoms with Crippen LogP contribution in [0.2, 0.25) is 0 Å². The number of rotatable bonds is 6. The van der Waals surface area contributed by atoms with Gasteiger partial charge in [-0.25, -0.2) is 0 Å².